The Labute approximate surface area is 137 Å². The number of rotatable bonds is 6. The SMILES string of the molecule is Cc1nccnc1CCNC[C@@H]1CCCO[C@H]1c1nccn1C. The van der Waals surface area contributed by atoms with Crippen molar-refractivity contribution in [2.24, 2.45) is 13.0 Å². The molecule has 1 N–H and O–H groups in total. The maximum Gasteiger partial charge on any atom is 0.137 e. The van der Waals surface area contributed by atoms with Gasteiger partial charge in [-0.15, -0.1) is 0 Å². The van der Waals surface area contributed by atoms with Crippen LogP contribution in [0.15, 0.2) is 24.8 Å². The molecular weight excluding hydrogens is 290 g/mol. The van der Waals surface area contributed by atoms with Crippen LogP contribution < -0.4 is 5.32 Å². The van der Waals surface area contributed by atoms with Crippen LogP contribution in [0.4, 0.5) is 0 Å². The molecule has 6 heteroatoms. The van der Waals surface area contributed by atoms with E-state index in [1.165, 1.54) is 6.42 Å². The largest absolute Gasteiger partial charge is 0.370 e. The Morgan fingerprint density at radius 2 is 2.13 bits per heavy atom. The van der Waals surface area contributed by atoms with E-state index >= 15 is 0 Å². The van der Waals surface area contributed by atoms with Crippen LogP contribution >= 0.6 is 0 Å². The lowest BCUT2D eigenvalue weighted by molar-refractivity contribution is -0.0342. The lowest BCUT2D eigenvalue weighted by Gasteiger charge is -2.31. The predicted octanol–water partition coefficient (Wildman–Crippen LogP) is 1.82. The second-order valence-corrected chi connectivity index (χ2v) is 6.13. The van der Waals surface area contributed by atoms with Gasteiger partial charge < -0.3 is 14.6 Å². The van der Waals surface area contributed by atoms with Gasteiger partial charge in [-0.2, -0.15) is 0 Å². The van der Waals surface area contributed by atoms with E-state index < -0.39 is 0 Å². The van der Waals surface area contributed by atoms with Gasteiger partial charge in [-0.05, 0) is 19.8 Å². The molecule has 3 heterocycles. The highest BCUT2D eigenvalue weighted by Gasteiger charge is 2.29. The maximum absolute atomic E-state index is 6.00. The van der Waals surface area contributed by atoms with Gasteiger partial charge in [0.25, 0.3) is 0 Å². The molecular formula is C17H25N5O. The van der Waals surface area contributed by atoms with Crippen LogP contribution in [-0.2, 0) is 18.2 Å². The van der Waals surface area contributed by atoms with Crippen molar-refractivity contribution in [2.45, 2.75) is 32.3 Å². The smallest absolute Gasteiger partial charge is 0.137 e. The standard InChI is InChI=1S/C17H25N5O/c1-13-15(20-8-7-19-13)5-6-18-12-14-4-3-11-23-16(14)17-21-9-10-22(17)2/h7-10,14,16,18H,3-6,11-12H2,1-2H3/t14-,16+/m0/s1. The molecule has 1 fully saturated rings. The molecule has 0 radical (unpaired) electrons. The van der Waals surface area contributed by atoms with Gasteiger partial charge in [-0.25, -0.2) is 4.98 Å². The first kappa shape index (κ1) is 16.1. The Bertz CT molecular complexity index is 627. The minimum atomic E-state index is 0.0921. The number of hydrogen-bond donors (Lipinski definition) is 1. The summed E-state index contributed by atoms with van der Waals surface area (Å²) in [7, 11) is 2.03. The van der Waals surface area contributed by atoms with Crippen molar-refractivity contribution in [1.29, 1.82) is 0 Å². The van der Waals surface area contributed by atoms with Crippen LogP contribution in [0.5, 0.6) is 0 Å². The van der Waals surface area contributed by atoms with Crippen LogP contribution in [0.25, 0.3) is 0 Å². The molecule has 2 aromatic rings. The summed E-state index contributed by atoms with van der Waals surface area (Å²) >= 11 is 0. The van der Waals surface area contributed by atoms with Crippen LogP contribution in [0.3, 0.4) is 0 Å². The summed E-state index contributed by atoms with van der Waals surface area (Å²) in [4.78, 5) is 13.1. The van der Waals surface area contributed by atoms with Crippen molar-refractivity contribution < 1.29 is 4.74 Å². The van der Waals surface area contributed by atoms with Crippen molar-refractivity contribution in [2.75, 3.05) is 19.7 Å². The number of hydrogen-bond acceptors (Lipinski definition) is 5. The fourth-order valence-electron chi connectivity index (χ4n) is 3.17. The average molecular weight is 315 g/mol. The second-order valence-electron chi connectivity index (χ2n) is 6.13. The highest BCUT2D eigenvalue weighted by atomic mass is 16.5. The molecule has 2 atom stereocenters. The third-order valence-electron chi connectivity index (χ3n) is 4.49. The number of imidazole rings is 1. The third-order valence-corrected chi connectivity index (χ3v) is 4.49. The first-order valence-electron chi connectivity index (χ1n) is 8.31. The molecule has 1 aliphatic rings. The number of aromatic nitrogens is 4. The van der Waals surface area contributed by atoms with Gasteiger partial charge >= 0.3 is 0 Å². The highest BCUT2D eigenvalue weighted by molar-refractivity contribution is 5.08. The molecule has 0 aliphatic carbocycles. The Morgan fingerprint density at radius 1 is 1.26 bits per heavy atom. The fraction of sp³-hybridized carbons (Fsp3) is 0.588. The van der Waals surface area contributed by atoms with Crippen molar-refractivity contribution in [3.8, 4) is 0 Å². The second kappa shape index (κ2) is 7.66. The molecule has 0 bridgehead atoms. The number of nitrogens with zero attached hydrogens (tertiary/aromatic N) is 4. The van der Waals surface area contributed by atoms with Crippen LogP contribution in [-0.4, -0.2) is 39.2 Å². The summed E-state index contributed by atoms with van der Waals surface area (Å²) in [5.74, 6) is 1.49. The van der Waals surface area contributed by atoms with Crippen molar-refractivity contribution in [3.63, 3.8) is 0 Å². The molecule has 1 aliphatic heterocycles. The van der Waals surface area contributed by atoms with E-state index in [2.05, 4.69) is 24.8 Å². The predicted molar refractivity (Wildman–Crippen MR) is 88.0 cm³/mol. The van der Waals surface area contributed by atoms with Crippen LogP contribution in [0.2, 0.25) is 0 Å². The molecule has 0 saturated carbocycles. The van der Waals surface area contributed by atoms with Gasteiger partial charge in [-0.1, -0.05) is 0 Å². The lowest BCUT2D eigenvalue weighted by atomic mass is 9.93. The molecule has 3 rings (SSSR count). The maximum atomic E-state index is 6.00. The normalized spacial score (nSPS) is 21.5. The first-order valence-corrected chi connectivity index (χ1v) is 8.31. The van der Waals surface area contributed by atoms with Gasteiger partial charge in [0.05, 0.1) is 11.4 Å². The van der Waals surface area contributed by atoms with E-state index in [-0.39, 0.29) is 6.10 Å². The molecule has 0 spiro atoms. The summed E-state index contributed by atoms with van der Waals surface area (Å²) in [5.41, 5.74) is 2.08. The number of nitrogens with one attached hydrogen (secondary N) is 1. The Balaban J connectivity index is 1.52. The summed E-state index contributed by atoms with van der Waals surface area (Å²) in [6, 6.07) is 0. The van der Waals surface area contributed by atoms with E-state index in [9.17, 15) is 0 Å². The number of ether oxygens (including phenoxy) is 1. The first-order chi connectivity index (χ1) is 11.3. The van der Waals surface area contributed by atoms with E-state index in [4.69, 9.17) is 4.74 Å². The van der Waals surface area contributed by atoms with Crippen molar-refractivity contribution >= 4 is 0 Å². The Hall–Kier alpha value is -1.79. The van der Waals surface area contributed by atoms with Gasteiger partial charge in [0.1, 0.15) is 11.9 Å². The van der Waals surface area contributed by atoms with Crippen molar-refractivity contribution in [3.05, 3.63) is 42.0 Å². The molecule has 23 heavy (non-hydrogen) atoms. The van der Waals surface area contributed by atoms with Crippen molar-refractivity contribution in [1.82, 2.24) is 24.8 Å². The molecule has 2 aromatic heterocycles. The molecule has 124 valence electrons. The highest BCUT2D eigenvalue weighted by Crippen LogP contribution is 2.32. The monoisotopic (exact) mass is 315 g/mol. The minimum Gasteiger partial charge on any atom is -0.370 e. The zero-order chi connectivity index (χ0) is 16.1. The van der Waals surface area contributed by atoms with Gasteiger partial charge in [-0.3, -0.25) is 9.97 Å². The van der Waals surface area contributed by atoms with Gasteiger partial charge in [0.15, 0.2) is 0 Å². The Morgan fingerprint density at radius 3 is 2.91 bits per heavy atom. The zero-order valence-electron chi connectivity index (χ0n) is 13.9. The lowest BCUT2D eigenvalue weighted by Crippen LogP contribution is -2.34. The Kier molecular flexibility index (Phi) is 5.35. The van der Waals surface area contributed by atoms with Gasteiger partial charge in [0, 0.05) is 63.9 Å². The van der Waals surface area contributed by atoms with Gasteiger partial charge in [0.2, 0.25) is 0 Å². The molecule has 6 nitrogen and oxygen atoms in total. The van der Waals surface area contributed by atoms with E-state index in [0.29, 0.717) is 5.92 Å². The summed E-state index contributed by atoms with van der Waals surface area (Å²) in [6.07, 6.45) is 10.6. The third kappa shape index (κ3) is 3.95. The van der Waals surface area contributed by atoms with E-state index in [1.807, 2.05) is 26.4 Å². The fourth-order valence-corrected chi connectivity index (χ4v) is 3.17. The molecule has 0 unspecified atom stereocenters. The topological polar surface area (TPSA) is 64.9 Å². The number of aryl methyl sites for hydroxylation is 2. The quantitative estimate of drug-likeness (QED) is 0.824. The van der Waals surface area contributed by atoms with E-state index in [0.717, 1.165) is 49.8 Å². The summed E-state index contributed by atoms with van der Waals surface area (Å²) < 4.78 is 8.07. The van der Waals surface area contributed by atoms with Crippen LogP contribution in [0, 0.1) is 12.8 Å². The minimum absolute atomic E-state index is 0.0921. The zero-order valence-corrected chi connectivity index (χ0v) is 13.9. The molecule has 1 saturated heterocycles. The van der Waals surface area contributed by atoms with Crippen LogP contribution in [0.1, 0.15) is 36.2 Å². The van der Waals surface area contributed by atoms with E-state index in [1.54, 1.807) is 12.4 Å². The molecule has 0 amide bonds. The summed E-state index contributed by atoms with van der Waals surface area (Å²) in [5, 5.41) is 3.56. The summed E-state index contributed by atoms with van der Waals surface area (Å²) in [6.45, 7) is 4.68. The molecule has 0 aromatic carbocycles. The average Bonchev–Trinajstić information content (AvgIpc) is 2.99.